The molecule has 3 rings (SSSR count). The van der Waals surface area contributed by atoms with E-state index in [9.17, 15) is 15.1 Å². The summed E-state index contributed by atoms with van der Waals surface area (Å²) >= 11 is 2.54. The molecule has 0 bridgehead atoms. The standard InChI is InChI=1S/C14H13N5O4S2/c1-7(8-6-25-14(15)17-8)18-23-12(13-16-2-3-24-13)9-4-10(20)11(21)5-19(9)22/h2-6,12,21-22H,1H3,(H2,15,17)/b18-7+. The highest BCUT2D eigenvalue weighted by Crippen LogP contribution is 2.28. The van der Waals surface area contributed by atoms with Crippen molar-refractivity contribution < 1.29 is 15.2 Å². The Bertz CT molecular complexity index is 964. The van der Waals surface area contributed by atoms with Crippen LogP contribution in [0.25, 0.3) is 0 Å². The molecule has 25 heavy (non-hydrogen) atoms. The largest absolute Gasteiger partial charge is 0.503 e. The first-order valence-corrected chi connectivity index (χ1v) is 8.67. The van der Waals surface area contributed by atoms with Gasteiger partial charge in [-0.15, -0.1) is 22.7 Å². The van der Waals surface area contributed by atoms with E-state index in [1.807, 2.05) is 0 Å². The van der Waals surface area contributed by atoms with Gasteiger partial charge in [-0.3, -0.25) is 4.79 Å². The molecule has 0 saturated heterocycles. The van der Waals surface area contributed by atoms with Crippen LogP contribution in [0.15, 0.2) is 39.2 Å². The second-order valence-electron chi connectivity index (χ2n) is 4.90. The monoisotopic (exact) mass is 379 g/mol. The van der Waals surface area contributed by atoms with Gasteiger partial charge < -0.3 is 20.9 Å². The van der Waals surface area contributed by atoms with Gasteiger partial charge in [0.1, 0.15) is 22.1 Å². The number of thiazole rings is 2. The summed E-state index contributed by atoms with van der Waals surface area (Å²) in [6.07, 6.45) is 1.51. The molecule has 11 heteroatoms. The number of nitrogens with two attached hydrogens (primary N) is 1. The highest BCUT2D eigenvalue weighted by Gasteiger charge is 2.24. The van der Waals surface area contributed by atoms with Crippen molar-refractivity contribution in [2.24, 2.45) is 5.16 Å². The SMILES string of the molecule is C/C(=N\OC(c1nccs1)c1cc(=O)c(O)cn1O)c1csc(N)n1. The van der Waals surface area contributed by atoms with Crippen LogP contribution in [0.5, 0.6) is 5.75 Å². The highest BCUT2D eigenvalue weighted by molar-refractivity contribution is 7.13. The fourth-order valence-corrected chi connectivity index (χ4v) is 3.22. The molecule has 3 heterocycles. The molecule has 0 aliphatic carbocycles. The molecule has 0 aliphatic rings. The van der Waals surface area contributed by atoms with Crippen molar-refractivity contribution in [1.82, 2.24) is 14.7 Å². The molecule has 0 spiro atoms. The Morgan fingerprint density at radius 2 is 2.28 bits per heavy atom. The van der Waals surface area contributed by atoms with Gasteiger partial charge in [-0.25, -0.2) is 9.97 Å². The Morgan fingerprint density at radius 1 is 1.48 bits per heavy atom. The minimum absolute atomic E-state index is 0.0760. The van der Waals surface area contributed by atoms with Crippen molar-refractivity contribution in [2.75, 3.05) is 5.73 Å². The van der Waals surface area contributed by atoms with Crippen LogP contribution >= 0.6 is 22.7 Å². The fourth-order valence-electron chi connectivity index (χ4n) is 1.95. The van der Waals surface area contributed by atoms with Crippen LogP contribution in [0.3, 0.4) is 0 Å². The zero-order valence-corrected chi connectivity index (χ0v) is 14.5. The predicted molar refractivity (Wildman–Crippen MR) is 93.3 cm³/mol. The Balaban J connectivity index is 1.97. The van der Waals surface area contributed by atoms with Gasteiger partial charge in [-0.05, 0) is 6.92 Å². The normalized spacial score (nSPS) is 12.9. The van der Waals surface area contributed by atoms with Crippen LogP contribution in [0, 0.1) is 0 Å². The maximum absolute atomic E-state index is 11.7. The minimum atomic E-state index is -0.941. The maximum Gasteiger partial charge on any atom is 0.223 e. The first-order valence-electron chi connectivity index (χ1n) is 6.91. The Hall–Kier alpha value is -2.92. The lowest BCUT2D eigenvalue weighted by molar-refractivity contribution is 0.0599. The first kappa shape index (κ1) is 16.9. The van der Waals surface area contributed by atoms with E-state index in [2.05, 4.69) is 15.1 Å². The predicted octanol–water partition coefficient (Wildman–Crippen LogP) is 1.82. The summed E-state index contributed by atoms with van der Waals surface area (Å²) < 4.78 is 0.606. The van der Waals surface area contributed by atoms with Crippen LogP contribution in [-0.2, 0) is 4.84 Å². The van der Waals surface area contributed by atoms with E-state index in [1.54, 1.807) is 23.9 Å². The molecular weight excluding hydrogens is 366 g/mol. The van der Waals surface area contributed by atoms with Gasteiger partial charge in [-0.1, -0.05) is 5.16 Å². The van der Waals surface area contributed by atoms with Crippen LogP contribution < -0.4 is 11.2 Å². The number of hydrogen-bond acceptors (Lipinski definition) is 10. The van der Waals surface area contributed by atoms with Crippen LogP contribution in [0.4, 0.5) is 5.13 Å². The van der Waals surface area contributed by atoms with Gasteiger partial charge in [0.15, 0.2) is 10.9 Å². The molecular formula is C14H13N5O4S2. The average Bonchev–Trinajstić information content (AvgIpc) is 3.24. The lowest BCUT2D eigenvalue weighted by atomic mass is 10.2. The summed E-state index contributed by atoms with van der Waals surface area (Å²) in [6.45, 7) is 1.69. The molecule has 9 nitrogen and oxygen atoms in total. The summed E-state index contributed by atoms with van der Waals surface area (Å²) in [5, 5.41) is 27.8. The molecule has 0 aliphatic heterocycles. The van der Waals surface area contributed by atoms with E-state index in [1.165, 1.54) is 22.7 Å². The van der Waals surface area contributed by atoms with E-state index >= 15 is 0 Å². The quantitative estimate of drug-likeness (QED) is 0.349. The molecule has 1 unspecified atom stereocenters. The number of anilines is 1. The zero-order chi connectivity index (χ0) is 18.0. The average molecular weight is 379 g/mol. The Kier molecular flexibility index (Phi) is 4.67. The highest BCUT2D eigenvalue weighted by atomic mass is 32.1. The summed E-state index contributed by atoms with van der Waals surface area (Å²) in [4.78, 5) is 25.5. The smallest absolute Gasteiger partial charge is 0.223 e. The number of aromatic hydroxyl groups is 1. The second-order valence-corrected chi connectivity index (χ2v) is 6.71. The van der Waals surface area contributed by atoms with E-state index in [4.69, 9.17) is 10.6 Å². The van der Waals surface area contributed by atoms with E-state index in [0.717, 1.165) is 12.3 Å². The minimum Gasteiger partial charge on any atom is -0.503 e. The van der Waals surface area contributed by atoms with E-state index in [0.29, 0.717) is 26.3 Å². The molecule has 0 saturated carbocycles. The first-order chi connectivity index (χ1) is 12.0. The number of nitrogen functional groups attached to an aromatic ring is 1. The summed E-state index contributed by atoms with van der Waals surface area (Å²) in [6, 6.07) is 1.06. The van der Waals surface area contributed by atoms with Crippen molar-refractivity contribution in [3.63, 3.8) is 0 Å². The Labute approximate surface area is 149 Å². The van der Waals surface area contributed by atoms with E-state index in [-0.39, 0.29) is 5.69 Å². The molecule has 0 aromatic carbocycles. The topological polar surface area (TPSA) is 136 Å². The van der Waals surface area contributed by atoms with Gasteiger partial charge in [0.2, 0.25) is 11.5 Å². The van der Waals surface area contributed by atoms with Gasteiger partial charge >= 0.3 is 0 Å². The van der Waals surface area contributed by atoms with Crippen molar-refractivity contribution in [2.45, 2.75) is 13.0 Å². The third kappa shape index (κ3) is 3.61. The number of pyridine rings is 1. The number of oxime groups is 1. The summed E-state index contributed by atoms with van der Waals surface area (Å²) in [7, 11) is 0. The summed E-state index contributed by atoms with van der Waals surface area (Å²) in [5.74, 6) is -0.582. The van der Waals surface area contributed by atoms with Crippen molar-refractivity contribution in [3.8, 4) is 5.75 Å². The number of nitrogens with zero attached hydrogens (tertiary/aromatic N) is 4. The van der Waals surface area contributed by atoms with Gasteiger partial charge in [0.05, 0.1) is 6.20 Å². The number of hydrogen-bond donors (Lipinski definition) is 3. The van der Waals surface area contributed by atoms with Crippen LogP contribution in [0.1, 0.15) is 29.4 Å². The number of rotatable bonds is 5. The molecule has 130 valence electrons. The molecule has 0 radical (unpaired) electrons. The molecule has 3 aromatic rings. The summed E-state index contributed by atoms with van der Waals surface area (Å²) in [5.41, 5.74) is 6.06. The van der Waals surface area contributed by atoms with E-state index < -0.39 is 17.3 Å². The Morgan fingerprint density at radius 3 is 2.92 bits per heavy atom. The third-order valence-electron chi connectivity index (χ3n) is 3.17. The third-order valence-corrected chi connectivity index (χ3v) is 4.67. The van der Waals surface area contributed by atoms with Crippen LogP contribution in [0.2, 0.25) is 0 Å². The molecule has 3 aromatic heterocycles. The van der Waals surface area contributed by atoms with Crippen molar-refractivity contribution in [3.05, 3.63) is 55.8 Å². The number of aromatic nitrogens is 3. The molecule has 4 N–H and O–H groups in total. The van der Waals surface area contributed by atoms with Gasteiger partial charge in [-0.2, -0.15) is 4.73 Å². The van der Waals surface area contributed by atoms with Crippen molar-refractivity contribution in [1.29, 1.82) is 0 Å². The lowest BCUT2D eigenvalue weighted by Gasteiger charge is -2.15. The zero-order valence-electron chi connectivity index (χ0n) is 12.9. The van der Waals surface area contributed by atoms with Gasteiger partial charge in [0.25, 0.3) is 0 Å². The maximum atomic E-state index is 11.7. The molecule has 0 amide bonds. The van der Waals surface area contributed by atoms with Crippen molar-refractivity contribution >= 4 is 33.5 Å². The fraction of sp³-hybridized carbons (Fsp3) is 0.143. The molecule has 0 fully saturated rings. The lowest BCUT2D eigenvalue weighted by Crippen LogP contribution is -2.16. The van der Waals surface area contributed by atoms with Crippen LogP contribution in [-0.4, -0.2) is 30.7 Å². The van der Waals surface area contributed by atoms with Gasteiger partial charge in [0, 0.05) is 23.0 Å². The molecule has 1 atom stereocenters. The second kappa shape index (κ2) is 6.91.